The summed E-state index contributed by atoms with van der Waals surface area (Å²) < 4.78 is 0. The lowest BCUT2D eigenvalue weighted by Crippen LogP contribution is -2.07. The average molecular weight is 168 g/mol. The van der Waals surface area contributed by atoms with Crippen LogP contribution in [0.3, 0.4) is 0 Å². The molecule has 0 nitrogen and oxygen atoms in total. The molecular weight excluding hydrogens is 144 g/mol. The fourth-order valence-corrected chi connectivity index (χ4v) is 2.63. The van der Waals surface area contributed by atoms with Gasteiger partial charge in [0.25, 0.3) is 0 Å². The van der Waals surface area contributed by atoms with Gasteiger partial charge in [0.05, 0.1) is 0 Å². The first-order valence-corrected chi connectivity index (χ1v) is 5.77. The van der Waals surface area contributed by atoms with Gasteiger partial charge in [0.1, 0.15) is 0 Å². The molecule has 1 saturated carbocycles. The molecule has 3 atom stereocenters. The van der Waals surface area contributed by atoms with E-state index in [0.717, 1.165) is 17.8 Å². The molecule has 72 valence electrons. The van der Waals surface area contributed by atoms with Crippen molar-refractivity contribution in [2.24, 2.45) is 17.8 Å². The Balaban J connectivity index is 2.41. The minimum atomic E-state index is 0.992. The quantitative estimate of drug-likeness (QED) is 0.541. The molecule has 1 aliphatic carbocycles. The first-order chi connectivity index (χ1) is 5.77. The lowest BCUT2D eigenvalue weighted by Gasteiger charge is -2.18. The van der Waals surface area contributed by atoms with E-state index in [1.165, 1.54) is 38.5 Å². The van der Waals surface area contributed by atoms with Crippen molar-refractivity contribution in [2.75, 3.05) is 0 Å². The number of rotatable bonds is 2. The predicted octanol–water partition coefficient (Wildman–Crippen LogP) is 4.25. The van der Waals surface area contributed by atoms with Gasteiger partial charge in [-0.1, -0.05) is 52.9 Å². The van der Waals surface area contributed by atoms with Crippen molar-refractivity contribution >= 4 is 0 Å². The maximum Gasteiger partial charge on any atom is -0.0391 e. The highest BCUT2D eigenvalue weighted by atomic mass is 14.3. The Hall–Kier alpha value is 0. The van der Waals surface area contributed by atoms with Crippen LogP contribution in [0.5, 0.6) is 0 Å². The molecular formula is C12H24. The molecule has 0 heteroatoms. The SMILES string of the molecule is CCC1CCC(C)C(CC)CC1. The summed E-state index contributed by atoms with van der Waals surface area (Å²) in [6.45, 7) is 7.15. The Kier molecular flexibility index (Phi) is 4.11. The topological polar surface area (TPSA) is 0 Å². The van der Waals surface area contributed by atoms with E-state index in [1.807, 2.05) is 0 Å². The van der Waals surface area contributed by atoms with E-state index >= 15 is 0 Å². The highest BCUT2D eigenvalue weighted by molar-refractivity contribution is 4.73. The van der Waals surface area contributed by atoms with Crippen LogP contribution in [0.25, 0.3) is 0 Å². The summed E-state index contributed by atoms with van der Waals surface area (Å²) in [7, 11) is 0. The normalized spacial score (nSPS) is 37.8. The van der Waals surface area contributed by atoms with Crippen molar-refractivity contribution < 1.29 is 0 Å². The summed E-state index contributed by atoms with van der Waals surface area (Å²) in [4.78, 5) is 0. The summed E-state index contributed by atoms with van der Waals surface area (Å²) in [5, 5.41) is 0. The summed E-state index contributed by atoms with van der Waals surface area (Å²) in [6.07, 6.45) is 8.78. The van der Waals surface area contributed by atoms with Crippen LogP contribution in [0.4, 0.5) is 0 Å². The molecule has 0 aromatic rings. The molecule has 3 unspecified atom stereocenters. The summed E-state index contributed by atoms with van der Waals surface area (Å²) in [5.41, 5.74) is 0. The summed E-state index contributed by atoms with van der Waals surface area (Å²) in [5.74, 6) is 3.07. The molecule has 0 aliphatic heterocycles. The minimum Gasteiger partial charge on any atom is -0.0651 e. The van der Waals surface area contributed by atoms with E-state index in [1.54, 1.807) is 0 Å². The van der Waals surface area contributed by atoms with Gasteiger partial charge < -0.3 is 0 Å². The third-order valence-corrected chi connectivity index (χ3v) is 3.88. The molecule has 12 heavy (non-hydrogen) atoms. The molecule has 1 aliphatic rings. The van der Waals surface area contributed by atoms with Gasteiger partial charge >= 0.3 is 0 Å². The van der Waals surface area contributed by atoms with Gasteiger partial charge in [-0.25, -0.2) is 0 Å². The smallest absolute Gasteiger partial charge is 0.0391 e. The molecule has 0 amide bonds. The van der Waals surface area contributed by atoms with Gasteiger partial charge in [-0.05, 0) is 24.2 Å². The maximum atomic E-state index is 2.45. The van der Waals surface area contributed by atoms with Crippen molar-refractivity contribution in [2.45, 2.75) is 59.3 Å². The highest BCUT2D eigenvalue weighted by Crippen LogP contribution is 2.34. The van der Waals surface area contributed by atoms with E-state index in [9.17, 15) is 0 Å². The van der Waals surface area contributed by atoms with Crippen LogP contribution < -0.4 is 0 Å². The zero-order valence-corrected chi connectivity index (χ0v) is 8.97. The first kappa shape index (κ1) is 10.1. The monoisotopic (exact) mass is 168 g/mol. The second-order valence-electron chi connectivity index (χ2n) is 4.57. The lowest BCUT2D eigenvalue weighted by atomic mass is 9.88. The molecule has 0 saturated heterocycles. The van der Waals surface area contributed by atoms with Gasteiger partial charge in [0.15, 0.2) is 0 Å². The third kappa shape index (κ3) is 2.50. The molecule has 0 N–H and O–H groups in total. The van der Waals surface area contributed by atoms with Crippen LogP contribution in [0.15, 0.2) is 0 Å². The molecule has 0 heterocycles. The predicted molar refractivity (Wildman–Crippen MR) is 55.2 cm³/mol. The van der Waals surface area contributed by atoms with Crippen molar-refractivity contribution in [3.8, 4) is 0 Å². The third-order valence-electron chi connectivity index (χ3n) is 3.88. The molecule has 0 radical (unpaired) electrons. The Labute approximate surface area is 77.7 Å². The van der Waals surface area contributed by atoms with Crippen molar-refractivity contribution in [3.63, 3.8) is 0 Å². The Morgan fingerprint density at radius 2 is 1.58 bits per heavy atom. The Morgan fingerprint density at radius 3 is 2.17 bits per heavy atom. The van der Waals surface area contributed by atoms with Crippen LogP contribution in [0, 0.1) is 17.8 Å². The lowest BCUT2D eigenvalue weighted by molar-refractivity contribution is 0.328. The van der Waals surface area contributed by atoms with Crippen molar-refractivity contribution in [3.05, 3.63) is 0 Å². The van der Waals surface area contributed by atoms with Crippen LogP contribution in [0.2, 0.25) is 0 Å². The minimum absolute atomic E-state index is 0.992. The van der Waals surface area contributed by atoms with E-state index in [0.29, 0.717) is 0 Å². The van der Waals surface area contributed by atoms with E-state index in [-0.39, 0.29) is 0 Å². The Morgan fingerprint density at radius 1 is 0.917 bits per heavy atom. The largest absolute Gasteiger partial charge is 0.0651 e. The van der Waals surface area contributed by atoms with Gasteiger partial charge in [0.2, 0.25) is 0 Å². The van der Waals surface area contributed by atoms with Gasteiger partial charge in [0, 0.05) is 0 Å². The van der Waals surface area contributed by atoms with E-state index in [2.05, 4.69) is 20.8 Å². The van der Waals surface area contributed by atoms with E-state index in [4.69, 9.17) is 0 Å². The Bertz CT molecular complexity index is 117. The molecule has 0 aromatic heterocycles. The van der Waals surface area contributed by atoms with Crippen molar-refractivity contribution in [1.82, 2.24) is 0 Å². The van der Waals surface area contributed by atoms with Crippen LogP contribution in [-0.2, 0) is 0 Å². The van der Waals surface area contributed by atoms with Crippen molar-refractivity contribution in [1.29, 1.82) is 0 Å². The van der Waals surface area contributed by atoms with Gasteiger partial charge in [-0.15, -0.1) is 0 Å². The maximum absolute atomic E-state index is 2.45. The van der Waals surface area contributed by atoms with Crippen LogP contribution >= 0.6 is 0 Å². The zero-order chi connectivity index (χ0) is 8.97. The molecule has 0 aromatic carbocycles. The fraction of sp³-hybridized carbons (Fsp3) is 1.00. The number of hydrogen-bond donors (Lipinski definition) is 0. The second kappa shape index (κ2) is 4.89. The van der Waals surface area contributed by atoms with Crippen LogP contribution in [-0.4, -0.2) is 0 Å². The second-order valence-corrected chi connectivity index (χ2v) is 4.57. The van der Waals surface area contributed by atoms with Gasteiger partial charge in [-0.3, -0.25) is 0 Å². The standard InChI is InChI=1S/C12H24/c1-4-11-7-6-10(3)12(5-2)9-8-11/h10-12H,4-9H2,1-3H3. The zero-order valence-electron chi connectivity index (χ0n) is 8.97. The first-order valence-electron chi connectivity index (χ1n) is 5.77. The van der Waals surface area contributed by atoms with Crippen LogP contribution in [0.1, 0.15) is 59.3 Å². The average Bonchev–Trinajstić information content (AvgIpc) is 2.27. The summed E-state index contributed by atoms with van der Waals surface area (Å²) >= 11 is 0. The van der Waals surface area contributed by atoms with E-state index < -0.39 is 0 Å². The molecule has 1 fully saturated rings. The molecule has 1 rings (SSSR count). The summed E-state index contributed by atoms with van der Waals surface area (Å²) in [6, 6.07) is 0. The highest BCUT2D eigenvalue weighted by Gasteiger charge is 2.21. The molecule has 0 spiro atoms. The molecule has 0 bridgehead atoms. The number of hydrogen-bond acceptors (Lipinski definition) is 0. The fourth-order valence-electron chi connectivity index (χ4n) is 2.63. The van der Waals surface area contributed by atoms with Gasteiger partial charge in [-0.2, -0.15) is 0 Å².